The highest BCUT2D eigenvalue weighted by atomic mass is 32.2. The predicted molar refractivity (Wildman–Crippen MR) is 113 cm³/mol. The number of nitrogens with one attached hydrogen (secondary N) is 1. The van der Waals surface area contributed by atoms with E-state index in [0.717, 1.165) is 10.9 Å². The Morgan fingerprint density at radius 2 is 1.83 bits per heavy atom. The average Bonchev–Trinajstić information content (AvgIpc) is 2.73. The van der Waals surface area contributed by atoms with E-state index in [4.69, 9.17) is 4.74 Å². The summed E-state index contributed by atoms with van der Waals surface area (Å²) in [6.45, 7) is 4.16. The van der Waals surface area contributed by atoms with Crippen LogP contribution in [0, 0.1) is 0 Å². The first-order valence-electron chi connectivity index (χ1n) is 9.25. The van der Waals surface area contributed by atoms with E-state index in [-0.39, 0.29) is 16.2 Å². The van der Waals surface area contributed by atoms with Gasteiger partial charge < -0.3 is 10.1 Å². The molecule has 3 rings (SSSR count). The number of fused-ring (bicyclic) bond motifs is 1. The number of carbonyl (C=O) groups excluding carboxylic acids is 1. The highest BCUT2D eigenvalue weighted by molar-refractivity contribution is 7.89. The van der Waals surface area contributed by atoms with E-state index in [1.807, 2.05) is 30.3 Å². The second-order valence-electron chi connectivity index (χ2n) is 6.33. The second-order valence-corrected chi connectivity index (χ2v) is 8.23. The molecule has 2 aromatic carbocycles. The number of rotatable bonds is 7. The molecule has 0 fully saturated rings. The third-order valence-electron chi connectivity index (χ3n) is 4.60. The molecule has 0 aliphatic heterocycles. The Hall–Kier alpha value is -2.97. The fourth-order valence-corrected chi connectivity index (χ4v) is 4.70. The van der Waals surface area contributed by atoms with Crippen molar-refractivity contribution in [1.29, 1.82) is 0 Å². The summed E-state index contributed by atoms with van der Waals surface area (Å²) >= 11 is 0. The molecule has 0 bridgehead atoms. The monoisotopic (exact) mass is 413 g/mol. The lowest BCUT2D eigenvalue weighted by Crippen LogP contribution is -2.31. The summed E-state index contributed by atoms with van der Waals surface area (Å²) in [4.78, 5) is 17.0. The Morgan fingerprint density at radius 1 is 1.10 bits per heavy atom. The standard InChI is InChI=1S/C21H23N3O4S/c1-4-24(5-2)29(26,27)20-13-16(10-11-19(20)28-3)21(25)23-17-12-15-8-6-7-9-18(15)22-14-17/h6-14H,4-5H2,1-3H3,(H,23,25). The zero-order valence-corrected chi connectivity index (χ0v) is 17.4. The van der Waals surface area contributed by atoms with Gasteiger partial charge in [-0.3, -0.25) is 9.78 Å². The van der Waals surface area contributed by atoms with Gasteiger partial charge in [0.2, 0.25) is 10.0 Å². The molecule has 0 spiro atoms. The predicted octanol–water partition coefficient (Wildman–Crippen LogP) is 3.53. The largest absolute Gasteiger partial charge is 0.495 e. The first-order chi connectivity index (χ1) is 13.9. The zero-order valence-electron chi connectivity index (χ0n) is 16.5. The van der Waals surface area contributed by atoms with Crippen molar-refractivity contribution in [2.45, 2.75) is 18.7 Å². The lowest BCUT2D eigenvalue weighted by Gasteiger charge is -2.20. The molecular weight excluding hydrogens is 390 g/mol. The molecule has 0 aliphatic carbocycles. The normalized spacial score (nSPS) is 11.6. The number of sulfonamides is 1. The van der Waals surface area contributed by atoms with Crippen LogP contribution in [0.15, 0.2) is 59.6 Å². The van der Waals surface area contributed by atoms with Gasteiger partial charge in [-0.25, -0.2) is 8.42 Å². The Kier molecular flexibility index (Phi) is 6.14. The summed E-state index contributed by atoms with van der Waals surface area (Å²) in [6, 6.07) is 13.8. The first-order valence-corrected chi connectivity index (χ1v) is 10.7. The summed E-state index contributed by atoms with van der Waals surface area (Å²) in [5.41, 5.74) is 1.56. The molecule has 1 heterocycles. The highest BCUT2D eigenvalue weighted by Gasteiger charge is 2.26. The van der Waals surface area contributed by atoms with Crippen molar-refractivity contribution in [2.24, 2.45) is 0 Å². The van der Waals surface area contributed by atoms with Gasteiger partial charge in [0.05, 0.1) is 24.5 Å². The first kappa shape index (κ1) is 20.8. The van der Waals surface area contributed by atoms with Gasteiger partial charge in [-0.05, 0) is 30.3 Å². The third kappa shape index (κ3) is 4.23. The summed E-state index contributed by atoms with van der Waals surface area (Å²) in [5.74, 6) is -0.235. The SMILES string of the molecule is CCN(CC)S(=O)(=O)c1cc(C(=O)Nc2cnc3ccccc3c2)ccc1OC. The van der Waals surface area contributed by atoms with Crippen LogP contribution in [0.5, 0.6) is 5.75 Å². The van der Waals surface area contributed by atoms with Gasteiger partial charge in [-0.2, -0.15) is 4.31 Å². The summed E-state index contributed by atoms with van der Waals surface area (Å²) in [5, 5.41) is 3.67. The Labute approximate surface area is 170 Å². The molecule has 8 heteroatoms. The van der Waals surface area contributed by atoms with E-state index in [1.54, 1.807) is 20.0 Å². The van der Waals surface area contributed by atoms with E-state index >= 15 is 0 Å². The molecule has 0 unspecified atom stereocenters. The van der Waals surface area contributed by atoms with Crippen LogP contribution < -0.4 is 10.1 Å². The fourth-order valence-electron chi connectivity index (χ4n) is 3.06. The van der Waals surface area contributed by atoms with Crippen molar-refractivity contribution in [3.05, 3.63) is 60.3 Å². The lowest BCUT2D eigenvalue weighted by molar-refractivity contribution is 0.102. The molecule has 0 saturated heterocycles. The maximum absolute atomic E-state index is 13.0. The van der Waals surface area contributed by atoms with Crippen molar-refractivity contribution < 1.29 is 17.9 Å². The minimum absolute atomic E-state index is 0.0343. The lowest BCUT2D eigenvalue weighted by atomic mass is 10.2. The molecule has 29 heavy (non-hydrogen) atoms. The van der Waals surface area contributed by atoms with E-state index in [9.17, 15) is 13.2 Å². The number of methoxy groups -OCH3 is 1. The van der Waals surface area contributed by atoms with Crippen LogP contribution in [-0.4, -0.2) is 43.8 Å². The van der Waals surface area contributed by atoms with E-state index < -0.39 is 15.9 Å². The van der Waals surface area contributed by atoms with Gasteiger partial charge in [0.25, 0.3) is 5.91 Å². The molecule has 0 saturated carbocycles. The van der Waals surface area contributed by atoms with Crippen LogP contribution in [0.1, 0.15) is 24.2 Å². The topological polar surface area (TPSA) is 88.6 Å². The van der Waals surface area contributed by atoms with Crippen LogP contribution >= 0.6 is 0 Å². The number of pyridine rings is 1. The minimum atomic E-state index is -3.79. The molecule has 1 aromatic heterocycles. The Bertz CT molecular complexity index is 1140. The highest BCUT2D eigenvalue weighted by Crippen LogP contribution is 2.28. The molecule has 0 atom stereocenters. The van der Waals surface area contributed by atoms with Gasteiger partial charge in [-0.1, -0.05) is 32.0 Å². The van der Waals surface area contributed by atoms with Crippen molar-refractivity contribution in [1.82, 2.24) is 9.29 Å². The number of amides is 1. The smallest absolute Gasteiger partial charge is 0.255 e. The van der Waals surface area contributed by atoms with Crippen molar-refractivity contribution in [3.8, 4) is 5.75 Å². The molecule has 152 valence electrons. The second kappa shape index (κ2) is 8.59. The fraction of sp³-hybridized carbons (Fsp3) is 0.238. The molecule has 1 amide bonds. The molecule has 0 radical (unpaired) electrons. The quantitative estimate of drug-likeness (QED) is 0.640. The van der Waals surface area contributed by atoms with E-state index in [0.29, 0.717) is 18.8 Å². The maximum atomic E-state index is 13.0. The van der Waals surface area contributed by atoms with Crippen LogP contribution in [-0.2, 0) is 10.0 Å². The van der Waals surface area contributed by atoms with Gasteiger partial charge in [0.15, 0.2) is 0 Å². The van der Waals surface area contributed by atoms with Crippen LogP contribution in [0.2, 0.25) is 0 Å². The number of ether oxygens (including phenoxy) is 1. The molecule has 1 N–H and O–H groups in total. The van der Waals surface area contributed by atoms with Crippen LogP contribution in [0.3, 0.4) is 0 Å². The van der Waals surface area contributed by atoms with Gasteiger partial charge >= 0.3 is 0 Å². The van der Waals surface area contributed by atoms with Gasteiger partial charge in [-0.15, -0.1) is 0 Å². The Morgan fingerprint density at radius 3 is 2.52 bits per heavy atom. The summed E-state index contributed by atoms with van der Waals surface area (Å²) in [6.07, 6.45) is 1.57. The molecular formula is C21H23N3O4S. The Balaban J connectivity index is 1.94. The number of para-hydroxylation sites is 1. The van der Waals surface area contributed by atoms with Crippen molar-refractivity contribution >= 4 is 32.5 Å². The van der Waals surface area contributed by atoms with Crippen LogP contribution in [0.25, 0.3) is 10.9 Å². The van der Waals surface area contributed by atoms with E-state index in [1.165, 1.54) is 29.6 Å². The summed E-state index contributed by atoms with van der Waals surface area (Å²) < 4.78 is 32.5. The van der Waals surface area contributed by atoms with Gasteiger partial charge in [0, 0.05) is 24.0 Å². The molecule has 3 aromatic rings. The molecule has 7 nitrogen and oxygen atoms in total. The number of carbonyl (C=O) groups is 1. The molecule has 0 aliphatic rings. The number of hydrogen-bond donors (Lipinski definition) is 1. The number of benzene rings is 2. The van der Waals surface area contributed by atoms with Crippen molar-refractivity contribution in [3.63, 3.8) is 0 Å². The van der Waals surface area contributed by atoms with Gasteiger partial charge in [0.1, 0.15) is 10.6 Å². The minimum Gasteiger partial charge on any atom is -0.495 e. The third-order valence-corrected chi connectivity index (χ3v) is 6.67. The van der Waals surface area contributed by atoms with Crippen molar-refractivity contribution in [2.75, 3.05) is 25.5 Å². The number of hydrogen-bond acceptors (Lipinski definition) is 5. The number of anilines is 1. The maximum Gasteiger partial charge on any atom is 0.255 e. The summed E-state index contributed by atoms with van der Waals surface area (Å²) in [7, 11) is -2.39. The zero-order chi connectivity index (χ0) is 21.0. The number of aromatic nitrogens is 1. The van der Waals surface area contributed by atoms with E-state index in [2.05, 4.69) is 10.3 Å². The number of nitrogens with zero attached hydrogens (tertiary/aromatic N) is 2. The average molecular weight is 413 g/mol. The van der Waals surface area contributed by atoms with Crippen LogP contribution in [0.4, 0.5) is 5.69 Å².